The average Bonchev–Trinajstić information content (AvgIpc) is 2.66. The molecule has 2 aliphatic heterocycles. The van der Waals surface area contributed by atoms with Crippen molar-refractivity contribution in [3.8, 4) is 0 Å². The van der Waals surface area contributed by atoms with E-state index in [1.54, 1.807) is 0 Å². The summed E-state index contributed by atoms with van der Waals surface area (Å²) < 4.78 is 0. The van der Waals surface area contributed by atoms with Crippen molar-refractivity contribution in [2.45, 2.75) is 19.4 Å². The van der Waals surface area contributed by atoms with Gasteiger partial charge in [-0.1, -0.05) is 0 Å². The molecule has 2 heterocycles. The van der Waals surface area contributed by atoms with Gasteiger partial charge in [0, 0.05) is 31.7 Å². The number of hydrogen-bond donors (Lipinski definition) is 1. The van der Waals surface area contributed by atoms with Gasteiger partial charge in [-0.15, -0.1) is 0 Å². The maximum absolute atomic E-state index is 3.53. The predicted molar refractivity (Wildman–Crippen MR) is 64.1 cm³/mol. The molecule has 0 bridgehead atoms. The lowest BCUT2D eigenvalue weighted by atomic mass is 9.85. The first-order valence-corrected chi connectivity index (χ1v) is 6.12. The van der Waals surface area contributed by atoms with Gasteiger partial charge in [0.2, 0.25) is 0 Å². The van der Waals surface area contributed by atoms with E-state index < -0.39 is 0 Å². The van der Waals surface area contributed by atoms with Crippen LogP contribution in [0.4, 0.5) is 0 Å². The molecule has 3 nitrogen and oxygen atoms in total. The van der Waals surface area contributed by atoms with E-state index >= 15 is 0 Å². The zero-order valence-corrected chi connectivity index (χ0v) is 10.6. The minimum atomic E-state index is 0.393. The highest BCUT2D eigenvalue weighted by molar-refractivity contribution is 5.04. The molecular formula is C12H25N3. The third kappa shape index (κ3) is 2.05. The fraction of sp³-hybridized carbons (Fsp3) is 1.00. The maximum atomic E-state index is 3.53. The third-order valence-electron chi connectivity index (χ3n) is 4.33. The van der Waals surface area contributed by atoms with Crippen LogP contribution in [0.3, 0.4) is 0 Å². The molecule has 0 aromatic heterocycles. The van der Waals surface area contributed by atoms with Gasteiger partial charge in [-0.05, 0) is 46.3 Å². The van der Waals surface area contributed by atoms with E-state index in [1.807, 2.05) is 0 Å². The smallest absolute Gasteiger partial charge is 0.0197 e. The molecule has 0 aromatic carbocycles. The van der Waals surface area contributed by atoms with E-state index in [2.05, 4.69) is 43.1 Å². The van der Waals surface area contributed by atoms with Gasteiger partial charge >= 0.3 is 0 Å². The van der Waals surface area contributed by atoms with Gasteiger partial charge in [0.15, 0.2) is 0 Å². The molecule has 0 saturated carbocycles. The molecule has 0 spiro atoms. The van der Waals surface area contributed by atoms with Crippen LogP contribution in [0.2, 0.25) is 0 Å². The maximum Gasteiger partial charge on any atom is 0.0197 e. The van der Waals surface area contributed by atoms with Gasteiger partial charge in [-0.2, -0.15) is 0 Å². The first-order valence-electron chi connectivity index (χ1n) is 6.12. The number of nitrogens with zero attached hydrogens (tertiary/aromatic N) is 2. The van der Waals surface area contributed by atoms with Crippen LogP contribution in [-0.4, -0.2) is 62.2 Å². The molecular weight excluding hydrogens is 186 g/mol. The summed E-state index contributed by atoms with van der Waals surface area (Å²) in [4.78, 5) is 4.96. The van der Waals surface area contributed by atoms with Crippen molar-refractivity contribution in [3.05, 3.63) is 0 Å². The molecule has 0 aromatic rings. The van der Waals surface area contributed by atoms with Crippen molar-refractivity contribution >= 4 is 0 Å². The van der Waals surface area contributed by atoms with Crippen molar-refractivity contribution in [2.24, 2.45) is 11.8 Å². The molecule has 3 heteroatoms. The summed E-state index contributed by atoms with van der Waals surface area (Å²) in [6, 6.07) is 0. The van der Waals surface area contributed by atoms with Crippen molar-refractivity contribution in [1.82, 2.24) is 15.1 Å². The lowest BCUT2D eigenvalue weighted by molar-refractivity contribution is 0.129. The number of nitrogens with one attached hydrogen (secondary N) is 1. The van der Waals surface area contributed by atoms with E-state index in [0.717, 1.165) is 11.8 Å². The number of hydrogen-bond acceptors (Lipinski definition) is 3. The van der Waals surface area contributed by atoms with Crippen LogP contribution >= 0.6 is 0 Å². The van der Waals surface area contributed by atoms with Crippen molar-refractivity contribution < 1.29 is 0 Å². The van der Waals surface area contributed by atoms with E-state index in [0.29, 0.717) is 5.54 Å². The second kappa shape index (κ2) is 4.04. The molecule has 2 rings (SSSR count). The Labute approximate surface area is 93.8 Å². The summed E-state index contributed by atoms with van der Waals surface area (Å²) in [6.07, 6.45) is 0. The SMILES string of the molecule is CN(C)CCN1CC2CNCC2C1(C)C. The molecule has 0 radical (unpaired) electrons. The highest BCUT2D eigenvalue weighted by atomic mass is 15.3. The average molecular weight is 211 g/mol. The minimum Gasteiger partial charge on any atom is -0.316 e. The van der Waals surface area contributed by atoms with Crippen LogP contribution in [0.5, 0.6) is 0 Å². The fourth-order valence-corrected chi connectivity index (χ4v) is 3.20. The van der Waals surface area contributed by atoms with Crippen molar-refractivity contribution in [1.29, 1.82) is 0 Å². The topological polar surface area (TPSA) is 18.5 Å². The number of likely N-dealkylation sites (N-methyl/N-ethyl adjacent to an activating group) is 1. The Bertz CT molecular complexity index is 225. The minimum absolute atomic E-state index is 0.393. The standard InChI is InChI=1S/C12H25N3/c1-12(2)11-8-13-7-10(11)9-15(12)6-5-14(3)4/h10-11,13H,5-9H2,1-4H3. The summed E-state index contributed by atoms with van der Waals surface area (Å²) in [7, 11) is 4.32. The fourth-order valence-electron chi connectivity index (χ4n) is 3.20. The second-order valence-corrected chi connectivity index (χ2v) is 5.93. The summed E-state index contributed by atoms with van der Waals surface area (Å²) in [5.41, 5.74) is 0.393. The molecule has 2 unspecified atom stereocenters. The molecule has 2 fully saturated rings. The van der Waals surface area contributed by atoms with Gasteiger partial charge in [0.05, 0.1) is 0 Å². The highest BCUT2D eigenvalue weighted by Crippen LogP contribution is 2.40. The number of rotatable bonds is 3. The van der Waals surface area contributed by atoms with Crippen molar-refractivity contribution in [2.75, 3.05) is 46.8 Å². The Morgan fingerprint density at radius 3 is 2.67 bits per heavy atom. The summed E-state index contributed by atoms with van der Waals surface area (Å²) >= 11 is 0. The molecule has 2 saturated heterocycles. The first kappa shape index (κ1) is 11.4. The predicted octanol–water partition coefficient (Wildman–Crippen LogP) is 0.478. The Balaban J connectivity index is 1.96. The van der Waals surface area contributed by atoms with Crippen LogP contribution in [0.25, 0.3) is 0 Å². The molecule has 0 aliphatic carbocycles. The largest absolute Gasteiger partial charge is 0.316 e. The van der Waals surface area contributed by atoms with Crippen LogP contribution in [0, 0.1) is 11.8 Å². The van der Waals surface area contributed by atoms with Crippen LogP contribution < -0.4 is 5.32 Å². The summed E-state index contributed by atoms with van der Waals surface area (Å²) in [5, 5.41) is 3.53. The van der Waals surface area contributed by atoms with E-state index in [1.165, 1.54) is 32.7 Å². The zero-order chi connectivity index (χ0) is 11.1. The third-order valence-corrected chi connectivity index (χ3v) is 4.33. The number of fused-ring (bicyclic) bond motifs is 1. The Hall–Kier alpha value is -0.120. The van der Waals surface area contributed by atoms with Gasteiger partial charge in [0.1, 0.15) is 0 Å². The Kier molecular flexibility index (Phi) is 3.06. The van der Waals surface area contributed by atoms with Crippen molar-refractivity contribution in [3.63, 3.8) is 0 Å². The summed E-state index contributed by atoms with van der Waals surface area (Å²) in [5.74, 6) is 1.75. The molecule has 15 heavy (non-hydrogen) atoms. The second-order valence-electron chi connectivity index (χ2n) is 5.93. The van der Waals surface area contributed by atoms with Gasteiger partial charge in [-0.25, -0.2) is 0 Å². The lowest BCUT2D eigenvalue weighted by Gasteiger charge is -2.36. The summed E-state index contributed by atoms with van der Waals surface area (Å²) in [6.45, 7) is 11.0. The van der Waals surface area contributed by atoms with E-state index in [4.69, 9.17) is 0 Å². The van der Waals surface area contributed by atoms with Crippen LogP contribution in [0.15, 0.2) is 0 Å². The molecule has 1 N–H and O–H groups in total. The monoisotopic (exact) mass is 211 g/mol. The zero-order valence-electron chi connectivity index (χ0n) is 10.6. The van der Waals surface area contributed by atoms with E-state index in [-0.39, 0.29) is 0 Å². The normalized spacial score (nSPS) is 35.0. The van der Waals surface area contributed by atoms with Gasteiger partial charge < -0.3 is 10.2 Å². The van der Waals surface area contributed by atoms with Gasteiger partial charge in [-0.3, -0.25) is 4.90 Å². The molecule has 0 amide bonds. The Morgan fingerprint density at radius 2 is 2.07 bits per heavy atom. The lowest BCUT2D eigenvalue weighted by Crippen LogP contribution is -2.46. The van der Waals surface area contributed by atoms with Crippen LogP contribution in [-0.2, 0) is 0 Å². The molecule has 88 valence electrons. The first-order chi connectivity index (χ1) is 7.01. The van der Waals surface area contributed by atoms with E-state index in [9.17, 15) is 0 Å². The van der Waals surface area contributed by atoms with Crippen LogP contribution in [0.1, 0.15) is 13.8 Å². The quantitative estimate of drug-likeness (QED) is 0.732. The molecule has 2 aliphatic rings. The van der Waals surface area contributed by atoms with Gasteiger partial charge in [0.25, 0.3) is 0 Å². The number of likely N-dealkylation sites (tertiary alicyclic amines) is 1. The highest BCUT2D eigenvalue weighted by Gasteiger charge is 2.48. The Morgan fingerprint density at radius 1 is 1.33 bits per heavy atom. The molecule has 2 atom stereocenters.